The van der Waals surface area contributed by atoms with Gasteiger partial charge < -0.3 is 10.1 Å². The van der Waals surface area contributed by atoms with E-state index >= 15 is 0 Å². The van der Waals surface area contributed by atoms with Crippen LogP contribution >= 0.6 is 0 Å². The van der Waals surface area contributed by atoms with Crippen molar-refractivity contribution in [3.63, 3.8) is 0 Å². The van der Waals surface area contributed by atoms with E-state index in [2.05, 4.69) is 5.32 Å². The number of nitrogens with zero attached hydrogens (tertiary/aromatic N) is 1. The molecule has 8 heteroatoms. The van der Waals surface area contributed by atoms with Crippen LogP contribution in [0.5, 0.6) is 5.75 Å². The molecule has 32 heavy (non-hydrogen) atoms. The van der Waals surface area contributed by atoms with Crippen LogP contribution in [0, 0.1) is 5.82 Å². The Bertz CT molecular complexity index is 1160. The van der Waals surface area contributed by atoms with Gasteiger partial charge in [-0.1, -0.05) is 36.4 Å². The molecule has 0 saturated heterocycles. The molecule has 0 aliphatic carbocycles. The first-order valence-corrected chi connectivity index (χ1v) is 11.9. The molecule has 0 radical (unpaired) electrons. The molecule has 6 nitrogen and oxygen atoms in total. The van der Waals surface area contributed by atoms with Crippen LogP contribution < -0.4 is 14.4 Å². The maximum Gasteiger partial charge on any atom is 0.251 e. The Hall–Kier alpha value is -3.39. The summed E-state index contributed by atoms with van der Waals surface area (Å²) in [6, 6.07) is 19.7. The molecule has 1 amide bonds. The van der Waals surface area contributed by atoms with Crippen molar-refractivity contribution in [2.45, 2.75) is 20.0 Å². The molecule has 0 unspecified atom stereocenters. The van der Waals surface area contributed by atoms with Gasteiger partial charge in [-0.15, -0.1) is 0 Å². The van der Waals surface area contributed by atoms with E-state index in [1.54, 1.807) is 30.3 Å². The lowest BCUT2D eigenvalue weighted by Crippen LogP contribution is -2.30. The number of ether oxygens (including phenoxy) is 1. The van der Waals surface area contributed by atoms with Crippen LogP contribution in [0.15, 0.2) is 72.8 Å². The molecule has 3 aromatic rings. The fraction of sp³-hybridized carbons (Fsp3) is 0.208. The minimum atomic E-state index is -3.71. The SMILES string of the molecule is CCOc1ccc(CNC(=O)c2ccc(CN(c3ccccc3F)S(C)(=O)=O)cc2)cc1. The molecule has 0 aliphatic heterocycles. The first kappa shape index (κ1) is 23.3. The third kappa shape index (κ3) is 6.07. The predicted molar refractivity (Wildman–Crippen MR) is 123 cm³/mol. The zero-order chi connectivity index (χ0) is 23.1. The predicted octanol–water partition coefficient (Wildman–Crippen LogP) is 4.12. The van der Waals surface area contributed by atoms with Crippen molar-refractivity contribution in [3.05, 3.63) is 95.3 Å². The van der Waals surface area contributed by atoms with E-state index in [1.807, 2.05) is 31.2 Å². The number of hydrogen-bond acceptors (Lipinski definition) is 4. The van der Waals surface area contributed by atoms with Gasteiger partial charge in [-0.2, -0.15) is 0 Å². The summed E-state index contributed by atoms with van der Waals surface area (Å²) in [4.78, 5) is 12.5. The summed E-state index contributed by atoms with van der Waals surface area (Å²) in [6.45, 7) is 2.82. The lowest BCUT2D eigenvalue weighted by molar-refractivity contribution is 0.0951. The van der Waals surface area contributed by atoms with Crippen LogP contribution in [-0.4, -0.2) is 27.2 Å². The Balaban J connectivity index is 1.65. The van der Waals surface area contributed by atoms with Gasteiger partial charge in [0.2, 0.25) is 10.0 Å². The number of halogens is 1. The van der Waals surface area contributed by atoms with Gasteiger partial charge in [-0.25, -0.2) is 12.8 Å². The van der Waals surface area contributed by atoms with Gasteiger partial charge in [0.25, 0.3) is 5.91 Å². The quantitative estimate of drug-likeness (QED) is 0.526. The van der Waals surface area contributed by atoms with Crippen LogP contribution in [0.3, 0.4) is 0 Å². The Kier molecular flexibility index (Phi) is 7.48. The number of hydrogen-bond donors (Lipinski definition) is 1. The number of rotatable bonds is 9. The molecule has 0 saturated carbocycles. The van der Waals surface area contributed by atoms with Crippen molar-refractivity contribution in [2.75, 3.05) is 17.2 Å². The van der Waals surface area contributed by atoms with Crippen LogP contribution in [0.2, 0.25) is 0 Å². The van der Waals surface area contributed by atoms with Crippen LogP contribution in [0.4, 0.5) is 10.1 Å². The van der Waals surface area contributed by atoms with Gasteiger partial charge in [0.05, 0.1) is 25.1 Å². The van der Waals surface area contributed by atoms with Crippen LogP contribution in [0.1, 0.15) is 28.4 Å². The molecule has 3 rings (SSSR count). The highest BCUT2D eigenvalue weighted by atomic mass is 32.2. The van der Waals surface area contributed by atoms with Crippen LogP contribution in [0.25, 0.3) is 0 Å². The normalized spacial score (nSPS) is 11.1. The summed E-state index contributed by atoms with van der Waals surface area (Å²) < 4.78 is 45.0. The van der Waals surface area contributed by atoms with Crippen LogP contribution in [-0.2, 0) is 23.1 Å². The molecular formula is C24H25FN2O4S. The highest BCUT2D eigenvalue weighted by Gasteiger charge is 2.21. The number of para-hydroxylation sites is 1. The molecule has 0 fully saturated rings. The second-order valence-electron chi connectivity index (χ2n) is 7.18. The van der Waals surface area contributed by atoms with E-state index in [-0.39, 0.29) is 18.1 Å². The largest absolute Gasteiger partial charge is 0.494 e. The summed E-state index contributed by atoms with van der Waals surface area (Å²) >= 11 is 0. The summed E-state index contributed by atoms with van der Waals surface area (Å²) in [5.74, 6) is -0.0978. The molecule has 3 aromatic carbocycles. The summed E-state index contributed by atoms with van der Waals surface area (Å²) in [5.41, 5.74) is 1.98. The molecule has 0 aromatic heterocycles. The molecule has 0 atom stereocenters. The van der Waals surface area contributed by atoms with E-state index in [4.69, 9.17) is 4.74 Å². The van der Waals surface area contributed by atoms with E-state index in [0.717, 1.165) is 21.9 Å². The van der Waals surface area contributed by atoms with E-state index in [1.165, 1.54) is 18.2 Å². The highest BCUT2D eigenvalue weighted by Crippen LogP contribution is 2.24. The molecule has 168 valence electrons. The number of carbonyl (C=O) groups excluding carboxylic acids is 1. The molecule has 0 spiro atoms. The summed E-state index contributed by atoms with van der Waals surface area (Å²) in [7, 11) is -3.71. The molecule has 0 heterocycles. The average Bonchev–Trinajstić information content (AvgIpc) is 2.77. The Morgan fingerprint density at radius 1 is 0.969 bits per heavy atom. The number of nitrogens with one attached hydrogen (secondary N) is 1. The maximum absolute atomic E-state index is 14.2. The molecule has 0 bridgehead atoms. The first-order chi connectivity index (χ1) is 15.3. The Morgan fingerprint density at radius 2 is 1.59 bits per heavy atom. The Morgan fingerprint density at radius 3 is 2.19 bits per heavy atom. The standard InChI is InChI=1S/C24H25FN2O4S/c1-3-31-21-14-10-18(11-15-21)16-26-24(28)20-12-8-19(9-13-20)17-27(32(2,29)30)23-7-5-4-6-22(23)25/h4-15H,3,16-17H2,1-2H3,(H,26,28). The zero-order valence-electron chi connectivity index (χ0n) is 17.9. The summed E-state index contributed by atoms with van der Waals surface area (Å²) in [5, 5.41) is 2.85. The number of anilines is 1. The summed E-state index contributed by atoms with van der Waals surface area (Å²) in [6.07, 6.45) is 1.03. The fourth-order valence-electron chi connectivity index (χ4n) is 3.12. The van der Waals surface area contributed by atoms with Gasteiger partial charge in [0, 0.05) is 12.1 Å². The van der Waals surface area contributed by atoms with Crippen molar-refractivity contribution in [2.24, 2.45) is 0 Å². The van der Waals surface area contributed by atoms with Crippen molar-refractivity contribution < 1.29 is 22.3 Å². The lowest BCUT2D eigenvalue weighted by atomic mass is 10.1. The van der Waals surface area contributed by atoms with Gasteiger partial charge in [0.1, 0.15) is 11.6 Å². The minimum absolute atomic E-state index is 0.0211. The molecule has 1 N–H and O–H groups in total. The maximum atomic E-state index is 14.2. The van der Waals surface area contributed by atoms with E-state index in [9.17, 15) is 17.6 Å². The van der Waals surface area contributed by atoms with Gasteiger partial charge in [0.15, 0.2) is 0 Å². The van der Waals surface area contributed by atoms with E-state index < -0.39 is 15.8 Å². The second kappa shape index (κ2) is 10.3. The smallest absolute Gasteiger partial charge is 0.251 e. The minimum Gasteiger partial charge on any atom is -0.494 e. The number of amides is 1. The number of carbonyl (C=O) groups is 1. The van der Waals surface area contributed by atoms with Crippen molar-refractivity contribution in [1.29, 1.82) is 0 Å². The van der Waals surface area contributed by atoms with Crippen molar-refractivity contribution in [1.82, 2.24) is 5.32 Å². The second-order valence-corrected chi connectivity index (χ2v) is 9.08. The van der Waals surface area contributed by atoms with Gasteiger partial charge >= 0.3 is 0 Å². The highest BCUT2D eigenvalue weighted by molar-refractivity contribution is 7.92. The topological polar surface area (TPSA) is 75.7 Å². The average molecular weight is 457 g/mol. The number of sulfonamides is 1. The number of benzene rings is 3. The zero-order valence-corrected chi connectivity index (χ0v) is 18.7. The lowest BCUT2D eigenvalue weighted by Gasteiger charge is -2.23. The van der Waals surface area contributed by atoms with E-state index in [0.29, 0.717) is 24.3 Å². The monoisotopic (exact) mass is 456 g/mol. The van der Waals surface area contributed by atoms with Crippen molar-refractivity contribution >= 4 is 21.6 Å². The van der Waals surface area contributed by atoms with Gasteiger partial charge in [-0.3, -0.25) is 9.10 Å². The third-order valence-electron chi connectivity index (χ3n) is 4.75. The fourth-order valence-corrected chi connectivity index (χ4v) is 4.01. The Labute approximate surface area is 187 Å². The third-order valence-corrected chi connectivity index (χ3v) is 5.88. The molecule has 0 aliphatic rings. The first-order valence-electron chi connectivity index (χ1n) is 10.1. The molecular weight excluding hydrogens is 431 g/mol. The van der Waals surface area contributed by atoms with Gasteiger partial charge in [-0.05, 0) is 54.4 Å². The van der Waals surface area contributed by atoms with Crippen molar-refractivity contribution in [3.8, 4) is 5.75 Å².